The summed E-state index contributed by atoms with van der Waals surface area (Å²) in [6.45, 7) is 9.41. The monoisotopic (exact) mass is 677 g/mol. The third kappa shape index (κ3) is 8.73. The van der Waals surface area contributed by atoms with Crippen LogP contribution >= 0.6 is 0 Å². The van der Waals surface area contributed by atoms with E-state index in [1.807, 2.05) is 26.8 Å². The van der Waals surface area contributed by atoms with Gasteiger partial charge in [-0.2, -0.15) is 18.2 Å². The molecule has 11 nitrogen and oxygen atoms in total. The number of benzene rings is 2. The van der Waals surface area contributed by atoms with Gasteiger partial charge in [0.1, 0.15) is 17.3 Å². The smallest absolute Gasteiger partial charge is 0.475 e. The Labute approximate surface area is 273 Å². The van der Waals surface area contributed by atoms with E-state index >= 15 is 0 Å². The number of halogens is 5. The maximum Gasteiger partial charge on any atom is 0.490 e. The van der Waals surface area contributed by atoms with Gasteiger partial charge >= 0.3 is 18.2 Å². The van der Waals surface area contributed by atoms with Gasteiger partial charge in [0, 0.05) is 29.3 Å². The molecule has 3 heterocycles. The zero-order chi connectivity index (χ0) is 35.2. The number of rotatable bonds is 9. The average molecular weight is 678 g/mol. The number of anilines is 3. The van der Waals surface area contributed by atoms with Gasteiger partial charge in [0.2, 0.25) is 5.95 Å². The van der Waals surface area contributed by atoms with Crippen LogP contribution in [0, 0.1) is 18.6 Å². The number of nitrogens with one attached hydrogen (secondary N) is 3. The van der Waals surface area contributed by atoms with Crippen molar-refractivity contribution in [3.05, 3.63) is 64.7 Å². The van der Waals surface area contributed by atoms with Gasteiger partial charge in [-0.05, 0) is 89.5 Å². The van der Waals surface area contributed by atoms with Gasteiger partial charge in [0.05, 0.1) is 12.2 Å². The minimum absolute atomic E-state index is 0.0464. The molecule has 0 atom stereocenters. The lowest BCUT2D eigenvalue weighted by atomic mass is 9.97. The molecule has 2 aliphatic heterocycles. The van der Waals surface area contributed by atoms with Crippen molar-refractivity contribution in [3.8, 4) is 11.3 Å². The molecule has 48 heavy (non-hydrogen) atoms. The minimum Gasteiger partial charge on any atom is -0.475 e. The molecule has 2 aliphatic rings. The summed E-state index contributed by atoms with van der Waals surface area (Å²) in [6, 6.07) is 8.01. The van der Waals surface area contributed by atoms with E-state index in [0.29, 0.717) is 28.9 Å². The number of alkyl halides is 3. The predicted molar refractivity (Wildman–Crippen MR) is 168 cm³/mol. The largest absolute Gasteiger partial charge is 0.490 e. The van der Waals surface area contributed by atoms with Gasteiger partial charge in [-0.15, -0.1) is 0 Å². The molecule has 0 radical (unpaired) electrons. The SMILES string of the molecule is Cc1ccc(C(=O)NC(C)C)cc1-c1nc(NCCCN2CCCC2)nc2c1CNC(=O)N2c1c(F)cccc1F.O=C(O)C(F)(F)F. The number of likely N-dealkylation sites (tertiary alicyclic amines) is 1. The second-order valence-corrected chi connectivity index (χ2v) is 11.6. The second-order valence-electron chi connectivity index (χ2n) is 11.6. The van der Waals surface area contributed by atoms with Gasteiger partial charge < -0.3 is 26.0 Å². The van der Waals surface area contributed by atoms with E-state index in [0.717, 1.165) is 48.7 Å². The Hall–Kier alpha value is -4.86. The molecule has 258 valence electrons. The van der Waals surface area contributed by atoms with Crippen molar-refractivity contribution in [1.82, 2.24) is 25.5 Å². The molecule has 0 unspecified atom stereocenters. The summed E-state index contributed by atoms with van der Waals surface area (Å²) in [5.74, 6) is -4.46. The summed E-state index contributed by atoms with van der Waals surface area (Å²) in [5, 5.41) is 16.0. The van der Waals surface area contributed by atoms with E-state index < -0.39 is 35.5 Å². The Morgan fingerprint density at radius 3 is 2.31 bits per heavy atom. The van der Waals surface area contributed by atoms with Crippen molar-refractivity contribution in [3.63, 3.8) is 0 Å². The van der Waals surface area contributed by atoms with Crippen molar-refractivity contribution in [2.24, 2.45) is 0 Å². The Kier molecular flexibility index (Phi) is 11.5. The molecule has 3 aromatic rings. The second kappa shape index (κ2) is 15.4. The highest BCUT2D eigenvalue weighted by Gasteiger charge is 2.38. The number of hydrogen-bond donors (Lipinski definition) is 4. The first kappa shape index (κ1) is 36.0. The van der Waals surface area contributed by atoms with Gasteiger partial charge in [-0.1, -0.05) is 12.1 Å². The van der Waals surface area contributed by atoms with Crippen molar-refractivity contribution in [1.29, 1.82) is 0 Å². The maximum atomic E-state index is 15.0. The molecule has 5 rings (SSSR count). The highest BCUT2D eigenvalue weighted by molar-refractivity contribution is 6.02. The molecule has 4 N–H and O–H groups in total. The van der Waals surface area contributed by atoms with Gasteiger partial charge in [0.15, 0.2) is 5.82 Å². The van der Waals surface area contributed by atoms with Crippen LogP contribution in [0.1, 0.15) is 54.6 Å². The number of aryl methyl sites for hydroxylation is 1. The fourth-order valence-corrected chi connectivity index (χ4v) is 5.24. The van der Waals surface area contributed by atoms with E-state index in [1.54, 1.807) is 12.1 Å². The zero-order valence-corrected chi connectivity index (χ0v) is 26.5. The van der Waals surface area contributed by atoms with Crippen LogP contribution in [0.25, 0.3) is 11.3 Å². The van der Waals surface area contributed by atoms with Crippen molar-refractivity contribution in [2.75, 3.05) is 36.4 Å². The molecule has 16 heteroatoms. The fraction of sp³-hybridized carbons (Fsp3) is 0.406. The number of carboxylic acid groups (broad SMARTS) is 1. The summed E-state index contributed by atoms with van der Waals surface area (Å²) in [6.07, 6.45) is -1.81. The summed E-state index contributed by atoms with van der Waals surface area (Å²) in [5.41, 5.74) is 2.38. The third-order valence-corrected chi connectivity index (χ3v) is 7.53. The number of carbonyl (C=O) groups is 3. The first-order valence-electron chi connectivity index (χ1n) is 15.3. The Bertz CT molecular complexity index is 1640. The Balaban J connectivity index is 0.000000671. The zero-order valence-electron chi connectivity index (χ0n) is 26.5. The van der Waals surface area contributed by atoms with E-state index in [1.165, 1.54) is 18.9 Å². The standard InChI is InChI=1S/C30H35F2N7O2.C2HF3O2/c1-18(2)35-28(40)20-11-10-19(3)21(16-20)25-22-17-34-30(41)39(26-23(31)8-6-9-24(26)32)27(22)37-29(36-25)33-12-7-15-38-13-4-5-14-38;3-2(4,5)1(6)7/h6,8-11,16,18H,4-5,7,12-15,17H2,1-3H3,(H,34,41)(H,35,40)(H,33,36,37);(H,6,7). The van der Waals surface area contributed by atoms with Crippen molar-refractivity contribution >= 4 is 35.4 Å². The van der Waals surface area contributed by atoms with Crippen LogP contribution < -0.4 is 20.9 Å². The van der Waals surface area contributed by atoms with E-state index in [2.05, 4.69) is 25.8 Å². The topological polar surface area (TPSA) is 140 Å². The Morgan fingerprint density at radius 1 is 1.06 bits per heavy atom. The first-order chi connectivity index (χ1) is 22.7. The molecule has 1 aromatic heterocycles. The number of fused-ring (bicyclic) bond motifs is 1. The number of aromatic nitrogens is 2. The number of amides is 3. The van der Waals surface area contributed by atoms with Gasteiger partial charge in [-0.3, -0.25) is 4.79 Å². The molecular weight excluding hydrogens is 641 g/mol. The third-order valence-electron chi connectivity index (χ3n) is 7.53. The number of urea groups is 1. The molecule has 0 saturated carbocycles. The highest BCUT2D eigenvalue weighted by Crippen LogP contribution is 2.39. The summed E-state index contributed by atoms with van der Waals surface area (Å²) in [7, 11) is 0. The molecule has 0 bridgehead atoms. The lowest BCUT2D eigenvalue weighted by molar-refractivity contribution is -0.192. The molecule has 1 saturated heterocycles. The summed E-state index contributed by atoms with van der Waals surface area (Å²) >= 11 is 0. The van der Waals surface area contributed by atoms with E-state index in [-0.39, 0.29) is 30.3 Å². The van der Waals surface area contributed by atoms with Gasteiger partial charge in [0.25, 0.3) is 5.91 Å². The molecule has 2 aromatic carbocycles. The maximum absolute atomic E-state index is 15.0. The quantitative estimate of drug-likeness (QED) is 0.166. The average Bonchev–Trinajstić information content (AvgIpc) is 3.53. The first-order valence-corrected chi connectivity index (χ1v) is 15.3. The van der Waals surface area contributed by atoms with E-state index in [4.69, 9.17) is 14.9 Å². The molecular formula is C32H36F5N7O4. The normalized spacial score (nSPS) is 14.6. The van der Waals surface area contributed by atoms with Crippen LogP contribution in [0.2, 0.25) is 0 Å². The highest BCUT2D eigenvalue weighted by atomic mass is 19.4. The summed E-state index contributed by atoms with van der Waals surface area (Å²) < 4.78 is 61.7. The van der Waals surface area contributed by atoms with Crippen LogP contribution in [-0.2, 0) is 11.3 Å². The van der Waals surface area contributed by atoms with Crippen molar-refractivity contribution < 1.29 is 41.4 Å². The van der Waals surface area contributed by atoms with Crippen LogP contribution in [0.5, 0.6) is 0 Å². The predicted octanol–water partition coefficient (Wildman–Crippen LogP) is 5.76. The van der Waals surface area contributed by atoms with Crippen LogP contribution in [0.15, 0.2) is 36.4 Å². The van der Waals surface area contributed by atoms with Crippen molar-refractivity contribution in [2.45, 2.75) is 58.8 Å². The Morgan fingerprint density at radius 2 is 1.71 bits per heavy atom. The van der Waals surface area contributed by atoms with Crippen LogP contribution in [0.4, 0.5) is 44.2 Å². The lowest BCUT2D eigenvalue weighted by Crippen LogP contribution is -2.43. The molecule has 0 aliphatic carbocycles. The minimum atomic E-state index is -5.08. The molecule has 1 fully saturated rings. The van der Waals surface area contributed by atoms with E-state index in [9.17, 15) is 31.5 Å². The fourth-order valence-electron chi connectivity index (χ4n) is 5.24. The van der Waals surface area contributed by atoms with Crippen LogP contribution in [-0.4, -0.2) is 76.3 Å². The number of nitrogens with zero attached hydrogens (tertiary/aromatic N) is 4. The number of aliphatic carboxylic acids is 1. The number of carboxylic acids is 1. The molecule has 3 amide bonds. The summed E-state index contributed by atoms with van der Waals surface area (Å²) in [4.78, 5) is 47.6. The lowest BCUT2D eigenvalue weighted by Gasteiger charge is -2.31. The number of para-hydroxylation sites is 1. The van der Waals surface area contributed by atoms with Gasteiger partial charge in [-0.25, -0.2) is 28.3 Å². The number of hydrogen-bond acceptors (Lipinski definition) is 7. The van der Waals surface area contributed by atoms with Crippen LogP contribution in [0.3, 0.4) is 0 Å². The number of carbonyl (C=O) groups excluding carboxylic acids is 2. The molecule has 0 spiro atoms.